The Morgan fingerprint density at radius 2 is 2.31 bits per heavy atom. The molecule has 5 heteroatoms. The van der Waals surface area contributed by atoms with E-state index in [-0.39, 0.29) is 0 Å². The number of ether oxygens (including phenoxy) is 1. The molecule has 0 aliphatic heterocycles. The first-order valence-corrected chi connectivity index (χ1v) is 5.34. The molecular weight excluding hydrogens is 228 g/mol. The number of anilines is 1. The molecule has 86 valence electrons. The first-order chi connectivity index (χ1) is 7.70. The Hall–Kier alpha value is -1.26. The van der Waals surface area contributed by atoms with Gasteiger partial charge < -0.3 is 14.1 Å². The normalized spacial score (nSPS) is 10.9. The van der Waals surface area contributed by atoms with Crippen molar-refractivity contribution < 1.29 is 9.15 Å². The molecule has 1 heterocycles. The van der Waals surface area contributed by atoms with Crippen LogP contribution in [-0.4, -0.2) is 32.3 Å². The molecule has 2 rings (SSSR count). The summed E-state index contributed by atoms with van der Waals surface area (Å²) in [7, 11) is 3.57. The van der Waals surface area contributed by atoms with E-state index in [1.807, 2.05) is 18.0 Å². The Kier molecular flexibility index (Phi) is 3.31. The van der Waals surface area contributed by atoms with Gasteiger partial charge in [-0.3, -0.25) is 0 Å². The van der Waals surface area contributed by atoms with Crippen molar-refractivity contribution in [2.75, 3.05) is 32.2 Å². The highest BCUT2D eigenvalue weighted by Crippen LogP contribution is 2.23. The molecule has 0 aliphatic carbocycles. The Balaban J connectivity index is 2.25. The van der Waals surface area contributed by atoms with Gasteiger partial charge in [-0.15, -0.1) is 0 Å². The number of nitrogens with zero attached hydrogens (tertiary/aromatic N) is 2. The fourth-order valence-corrected chi connectivity index (χ4v) is 1.54. The average molecular weight is 241 g/mol. The summed E-state index contributed by atoms with van der Waals surface area (Å²) in [6.45, 7) is 1.37. The summed E-state index contributed by atoms with van der Waals surface area (Å²) in [4.78, 5) is 6.25. The van der Waals surface area contributed by atoms with Crippen LogP contribution in [0.1, 0.15) is 0 Å². The number of fused-ring (bicyclic) bond motifs is 1. The van der Waals surface area contributed by atoms with Crippen molar-refractivity contribution >= 4 is 28.7 Å². The Morgan fingerprint density at radius 3 is 3.06 bits per heavy atom. The van der Waals surface area contributed by atoms with Crippen molar-refractivity contribution in [3.05, 3.63) is 23.2 Å². The topological polar surface area (TPSA) is 38.5 Å². The van der Waals surface area contributed by atoms with Crippen LogP contribution in [0.5, 0.6) is 0 Å². The Labute approximate surface area is 98.8 Å². The molecule has 0 fully saturated rings. The number of methoxy groups -OCH3 is 1. The summed E-state index contributed by atoms with van der Waals surface area (Å²) in [6, 6.07) is 5.97. The van der Waals surface area contributed by atoms with E-state index in [2.05, 4.69) is 4.98 Å². The molecule has 0 N–H and O–H groups in total. The van der Waals surface area contributed by atoms with Gasteiger partial charge in [-0.2, -0.15) is 4.98 Å². The monoisotopic (exact) mass is 240 g/mol. The number of hydrogen-bond donors (Lipinski definition) is 0. The van der Waals surface area contributed by atoms with E-state index < -0.39 is 0 Å². The second-order valence-corrected chi connectivity index (χ2v) is 3.96. The SMILES string of the molecule is COCCN(C)c1nc2cc(Cl)ccc2o1. The molecule has 1 aromatic carbocycles. The van der Waals surface area contributed by atoms with Crippen molar-refractivity contribution in [3.63, 3.8) is 0 Å². The molecule has 0 saturated heterocycles. The summed E-state index contributed by atoms with van der Waals surface area (Å²) in [5.41, 5.74) is 1.51. The molecule has 0 amide bonds. The van der Waals surface area contributed by atoms with Crippen LogP contribution in [0.15, 0.2) is 22.6 Å². The number of hydrogen-bond acceptors (Lipinski definition) is 4. The lowest BCUT2D eigenvalue weighted by Crippen LogP contribution is -2.22. The number of oxazole rings is 1. The number of rotatable bonds is 4. The van der Waals surface area contributed by atoms with E-state index in [4.69, 9.17) is 20.8 Å². The van der Waals surface area contributed by atoms with Crippen molar-refractivity contribution in [2.45, 2.75) is 0 Å². The van der Waals surface area contributed by atoms with E-state index >= 15 is 0 Å². The molecule has 0 radical (unpaired) electrons. The summed E-state index contributed by atoms with van der Waals surface area (Å²) in [5, 5.41) is 0.659. The third-order valence-corrected chi connectivity index (χ3v) is 2.53. The number of aromatic nitrogens is 1. The number of halogens is 1. The minimum absolute atomic E-state index is 0.578. The lowest BCUT2D eigenvalue weighted by atomic mass is 10.3. The van der Waals surface area contributed by atoms with Gasteiger partial charge in [-0.25, -0.2) is 0 Å². The van der Waals surface area contributed by atoms with Gasteiger partial charge in [0.2, 0.25) is 0 Å². The van der Waals surface area contributed by atoms with E-state index in [0.29, 0.717) is 17.6 Å². The third-order valence-electron chi connectivity index (χ3n) is 2.30. The zero-order valence-corrected chi connectivity index (χ0v) is 9.99. The molecular formula is C11H13ClN2O2. The van der Waals surface area contributed by atoms with Gasteiger partial charge in [-0.1, -0.05) is 11.6 Å². The molecule has 16 heavy (non-hydrogen) atoms. The van der Waals surface area contributed by atoms with Crippen molar-refractivity contribution in [2.24, 2.45) is 0 Å². The zero-order chi connectivity index (χ0) is 11.5. The summed E-state index contributed by atoms with van der Waals surface area (Å²) < 4.78 is 10.6. The molecule has 2 aromatic rings. The van der Waals surface area contributed by atoms with Crippen LogP contribution in [0.4, 0.5) is 6.01 Å². The van der Waals surface area contributed by atoms with E-state index in [9.17, 15) is 0 Å². The molecule has 0 aliphatic rings. The minimum atomic E-state index is 0.578. The summed E-state index contributed by atoms with van der Waals surface area (Å²) >= 11 is 5.88. The predicted octanol–water partition coefficient (Wildman–Crippen LogP) is 2.56. The van der Waals surface area contributed by atoms with Crippen LogP contribution in [0.2, 0.25) is 5.02 Å². The van der Waals surface area contributed by atoms with Crippen LogP contribution < -0.4 is 4.90 Å². The van der Waals surface area contributed by atoms with Crippen LogP contribution in [0.3, 0.4) is 0 Å². The van der Waals surface area contributed by atoms with Crippen LogP contribution in [-0.2, 0) is 4.74 Å². The maximum absolute atomic E-state index is 5.88. The zero-order valence-electron chi connectivity index (χ0n) is 9.24. The highest BCUT2D eigenvalue weighted by Gasteiger charge is 2.09. The van der Waals surface area contributed by atoms with Gasteiger partial charge in [0.25, 0.3) is 6.01 Å². The highest BCUT2D eigenvalue weighted by molar-refractivity contribution is 6.31. The van der Waals surface area contributed by atoms with Gasteiger partial charge in [0.1, 0.15) is 5.52 Å². The van der Waals surface area contributed by atoms with Gasteiger partial charge in [0.05, 0.1) is 6.61 Å². The fourth-order valence-electron chi connectivity index (χ4n) is 1.38. The fraction of sp³-hybridized carbons (Fsp3) is 0.364. The van der Waals surface area contributed by atoms with Gasteiger partial charge in [-0.05, 0) is 18.2 Å². The second kappa shape index (κ2) is 4.72. The van der Waals surface area contributed by atoms with Crippen molar-refractivity contribution in [1.29, 1.82) is 0 Å². The van der Waals surface area contributed by atoms with Crippen molar-refractivity contribution in [3.8, 4) is 0 Å². The van der Waals surface area contributed by atoms with Crippen LogP contribution in [0, 0.1) is 0 Å². The van der Waals surface area contributed by atoms with E-state index in [0.717, 1.165) is 17.6 Å². The molecule has 0 bridgehead atoms. The predicted molar refractivity (Wildman–Crippen MR) is 64.2 cm³/mol. The lowest BCUT2D eigenvalue weighted by Gasteiger charge is -2.12. The largest absolute Gasteiger partial charge is 0.423 e. The molecule has 0 atom stereocenters. The average Bonchev–Trinajstić information content (AvgIpc) is 2.68. The molecule has 0 saturated carbocycles. The Bertz CT molecular complexity index is 484. The van der Waals surface area contributed by atoms with Gasteiger partial charge in [0.15, 0.2) is 5.58 Å². The Morgan fingerprint density at radius 1 is 1.50 bits per heavy atom. The molecule has 1 aromatic heterocycles. The minimum Gasteiger partial charge on any atom is -0.423 e. The molecule has 0 spiro atoms. The second-order valence-electron chi connectivity index (χ2n) is 3.52. The number of likely N-dealkylation sites (N-methyl/N-ethyl adjacent to an activating group) is 1. The third kappa shape index (κ3) is 2.28. The van der Waals surface area contributed by atoms with Gasteiger partial charge in [0, 0.05) is 25.7 Å². The first-order valence-electron chi connectivity index (χ1n) is 4.97. The first kappa shape index (κ1) is 11.2. The summed E-state index contributed by atoms with van der Waals surface area (Å²) in [6.07, 6.45) is 0. The smallest absolute Gasteiger partial charge is 0.298 e. The van der Waals surface area contributed by atoms with Gasteiger partial charge >= 0.3 is 0 Å². The van der Waals surface area contributed by atoms with E-state index in [1.165, 1.54) is 0 Å². The molecule has 0 unspecified atom stereocenters. The highest BCUT2D eigenvalue weighted by atomic mass is 35.5. The summed E-state index contributed by atoms with van der Waals surface area (Å²) in [5.74, 6) is 0. The number of benzene rings is 1. The standard InChI is InChI=1S/C11H13ClN2O2/c1-14(5-6-15-2)11-13-9-7-8(12)3-4-10(9)16-11/h3-4,7H,5-6H2,1-2H3. The lowest BCUT2D eigenvalue weighted by molar-refractivity contribution is 0.205. The van der Waals surface area contributed by atoms with E-state index in [1.54, 1.807) is 19.2 Å². The van der Waals surface area contributed by atoms with Crippen molar-refractivity contribution in [1.82, 2.24) is 4.98 Å². The quantitative estimate of drug-likeness (QED) is 0.823. The van der Waals surface area contributed by atoms with Crippen LogP contribution >= 0.6 is 11.6 Å². The molecule has 4 nitrogen and oxygen atoms in total. The van der Waals surface area contributed by atoms with Crippen LogP contribution in [0.25, 0.3) is 11.1 Å². The maximum atomic E-state index is 5.88. The maximum Gasteiger partial charge on any atom is 0.298 e.